The van der Waals surface area contributed by atoms with Crippen molar-refractivity contribution < 1.29 is 4.74 Å². The van der Waals surface area contributed by atoms with Gasteiger partial charge in [-0.2, -0.15) is 0 Å². The van der Waals surface area contributed by atoms with Gasteiger partial charge in [-0.25, -0.2) is 0 Å². The minimum Gasteiger partial charge on any atom is -0.385 e. The summed E-state index contributed by atoms with van der Waals surface area (Å²) in [6, 6.07) is 11.9. The van der Waals surface area contributed by atoms with E-state index in [-0.39, 0.29) is 24.0 Å². The zero-order chi connectivity index (χ0) is 18.2. The van der Waals surface area contributed by atoms with Gasteiger partial charge in [0.2, 0.25) is 0 Å². The quantitative estimate of drug-likeness (QED) is 0.257. The molecule has 152 valence electrons. The number of benzene rings is 1. The van der Waals surface area contributed by atoms with E-state index in [0.717, 1.165) is 45.2 Å². The number of likely N-dealkylation sites (tertiary alicyclic amines) is 1. The lowest BCUT2D eigenvalue weighted by Gasteiger charge is -2.33. The number of guanidine groups is 1. The highest BCUT2D eigenvalue weighted by Crippen LogP contribution is 2.40. The second-order valence-corrected chi connectivity index (χ2v) is 7.43. The molecule has 0 radical (unpaired) electrons. The molecule has 0 amide bonds. The van der Waals surface area contributed by atoms with Crippen molar-refractivity contribution in [1.82, 2.24) is 15.5 Å². The normalized spacial score (nSPS) is 23.6. The van der Waals surface area contributed by atoms with E-state index in [1.165, 1.54) is 24.8 Å². The second kappa shape index (κ2) is 11.9. The molecular formula is C21H35IN4O. The molecule has 3 rings (SSSR count). The molecule has 2 atom stereocenters. The zero-order valence-electron chi connectivity index (χ0n) is 16.7. The Hall–Kier alpha value is -0.860. The van der Waals surface area contributed by atoms with Crippen molar-refractivity contribution in [3.8, 4) is 0 Å². The third kappa shape index (κ3) is 7.23. The molecule has 1 aromatic carbocycles. The maximum absolute atomic E-state index is 5.15. The molecular weight excluding hydrogens is 451 g/mol. The van der Waals surface area contributed by atoms with Crippen LogP contribution in [0.2, 0.25) is 0 Å². The van der Waals surface area contributed by atoms with Crippen LogP contribution < -0.4 is 10.6 Å². The molecule has 1 aliphatic heterocycles. The van der Waals surface area contributed by atoms with Gasteiger partial charge in [-0.3, -0.25) is 4.99 Å². The summed E-state index contributed by atoms with van der Waals surface area (Å²) in [4.78, 5) is 7.22. The lowest BCUT2D eigenvalue weighted by molar-refractivity contribution is 0.155. The first kappa shape index (κ1) is 22.4. The molecule has 1 saturated heterocycles. The van der Waals surface area contributed by atoms with Crippen LogP contribution in [0.1, 0.15) is 44.1 Å². The number of piperidine rings is 1. The Labute approximate surface area is 181 Å². The molecule has 2 N–H and O–H groups in total. The van der Waals surface area contributed by atoms with Crippen molar-refractivity contribution in [2.45, 2.75) is 50.6 Å². The standard InChI is InChI=1S/C21H34N4O.HI/c1-3-22-21(24-20-16-19(20)17-8-5-4-6-9-17)23-18-10-13-25(14-11-18)12-7-15-26-2;/h4-6,8-9,18-20H,3,7,10-16H2,1-2H3,(H2,22,23,24);1H. The Balaban J connectivity index is 0.00000261. The SMILES string of the molecule is CCN=C(NC1CCN(CCCOC)CC1)NC1CC1c1ccccc1.I. The molecule has 6 heteroatoms. The van der Waals surface area contributed by atoms with E-state index in [1.54, 1.807) is 7.11 Å². The molecule has 1 aliphatic carbocycles. The summed E-state index contributed by atoms with van der Waals surface area (Å²) in [5.41, 5.74) is 1.44. The number of hydrogen-bond donors (Lipinski definition) is 2. The van der Waals surface area contributed by atoms with Crippen molar-refractivity contribution in [3.05, 3.63) is 35.9 Å². The Morgan fingerprint density at radius 3 is 2.59 bits per heavy atom. The van der Waals surface area contributed by atoms with Gasteiger partial charge >= 0.3 is 0 Å². The largest absolute Gasteiger partial charge is 0.385 e. The average Bonchev–Trinajstić information content (AvgIpc) is 3.43. The van der Waals surface area contributed by atoms with Crippen LogP contribution in [0.4, 0.5) is 0 Å². The monoisotopic (exact) mass is 486 g/mol. The number of hydrogen-bond acceptors (Lipinski definition) is 3. The lowest BCUT2D eigenvalue weighted by atomic mass is 10.1. The van der Waals surface area contributed by atoms with Crippen LogP contribution in [0.25, 0.3) is 0 Å². The number of rotatable bonds is 8. The third-order valence-electron chi connectivity index (χ3n) is 5.41. The summed E-state index contributed by atoms with van der Waals surface area (Å²) in [5, 5.41) is 7.33. The predicted octanol–water partition coefficient (Wildman–Crippen LogP) is 3.22. The van der Waals surface area contributed by atoms with Gasteiger partial charge in [0, 0.05) is 57.9 Å². The van der Waals surface area contributed by atoms with E-state index in [1.807, 2.05) is 0 Å². The number of aliphatic imine (C=N–C) groups is 1. The zero-order valence-corrected chi connectivity index (χ0v) is 19.0. The second-order valence-electron chi connectivity index (χ2n) is 7.43. The van der Waals surface area contributed by atoms with E-state index < -0.39 is 0 Å². The fraction of sp³-hybridized carbons (Fsp3) is 0.667. The van der Waals surface area contributed by atoms with E-state index >= 15 is 0 Å². The molecule has 1 saturated carbocycles. The molecule has 2 unspecified atom stereocenters. The summed E-state index contributed by atoms with van der Waals surface area (Å²) >= 11 is 0. The topological polar surface area (TPSA) is 48.9 Å². The fourth-order valence-corrected chi connectivity index (χ4v) is 3.82. The van der Waals surface area contributed by atoms with Gasteiger partial charge in [0.05, 0.1) is 0 Å². The van der Waals surface area contributed by atoms with Gasteiger partial charge in [-0.05, 0) is 38.2 Å². The van der Waals surface area contributed by atoms with E-state index in [2.05, 4.69) is 57.8 Å². The molecule has 2 fully saturated rings. The Kier molecular flexibility index (Phi) is 9.86. The average molecular weight is 486 g/mol. The van der Waals surface area contributed by atoms with Crippen LogP contribution in [0.3, 0.4) is 0 Å². The van der Waals surface area contributed by atoms with Gasteiger partial charge < -0.3 is 20.3 Å². The summed E-state index contributed by atoms with van der Waals surface area (Å²) in [6.07, 6.45) is 4.70. The molecule has 1 aromatic rings. The van der Waals surface area contributed by atoms with Gasteiger partial charge in [0.25, 0.3) is 0 Å². The van der Waals surface area contributed by atoms with Crippen molar-refractivity contribution in [3.63, 3.8) is 0 Å². The Morgan fingerprint density at radius 1 is 1.19 bits per heavy atom. The first-order valence-corrected chi connectivity index (χ1v) is 10.1. The summed E-state index contributed by atoms with van der Waals surface area (Å²) in [5.74, 6) is 1.62. The van der Waals surface area contributed by atoms with Gasteiger partial charge in [0.15, 0.2) is 5.96 Å². The number of ether oxygens (including phenoxy) is 1. The van der Waals surface area contributed by atoms with Gasteiger partial charge in [-0.15, -0.1) is 24.0 Å². The summed E-state index contributed by atoms with van der Waals surface area (Å²) in [7, 11) is 1.78. The molecule has 2 aliphatic rings. The number of methoxy groups -OCH3 is 1. The van der Waals surface area contributed by atoms with Crippen molar-refractivity contribution in [2.75, 3.05) is 39.9 Å². The third-order valence-corrected chi connectivity index (χ3v) is 5.41. The van der Waals surface area contributed by atoms with Crippen molar-refractivity contribution in [1.29, 1.82) is 0 Å². The predicted molar refractivity (Wildman–Crippen MR) is 123 cm³/mol. The highest BCUT2D eigenvalue weighted by Gasteiger charge is 2.39. The molecule has 1 heterocycles. The van der Waals surface area contributed by atoms with Crippen LogP contribution in [0.5, 0.6) is 0 Å². The van der Waals surface area contributed by atoms with Gasteiger partial charge in [-0.1, -0.05) is 30.3 Å². The first-order valence-electron chi connectivity index (χ1n) is 10.1. The number of nitrogens with zero attached hydrogens (tertiary/aromatic N) is 2. The van der Waals surface area contributed by atoms with E-state index in [0.29, 0.717) is 18.0 Å². The molecule has 27 heavy (non-hydrogen) atoms. The molecule has 5 nitrogen and oxygen atoms in total. The van der Waals surface area contributed by atoms with Crippen LogP contribution in [0, 0.1) is 0 Å². The Morgan fingerprint density at radius 2 is 1.93 bits per heavy atom. The van der Waals surface area contributed by atoms with Crippen LogP contribution in [0.15, 0.2) is 35.3 Å². The molecule has 0 spiro atoms. The molecule has 0 aromatic heterocycles. The number of nitrogens with one attached hydrogen (secondary N) is 2. The summed E-state index contributed by atoms with van der Waals surface area (Å²) in [6.45, 7) is 7.25. The smallest absolute Gasteiger partial charge is 0.191 e. The van der Waals surface area contributed by atoms with Crippen molar-refractivity contribution >= 4 is 29.9 Å². The lowest BCUT2D eigenvalue weighted by Crippen LogP contribution is -2.49. The first-order chi connectivity index (χ1) is 12.8. The molecule has 0 bridgehead atoms. The maximum Gasteiger partial charge on any atom is 0.191 e. The minimum absolute atomic E-state index is 0. The summed E-state index contributed by atoms with van der Waals surface area (Å²) < 4.78 is 5.15. The van der Waals surface area contributed by atoms with Crippen LogP contribution in [-0.2, 0) is 4.74 Å². The highest BCUT2D eigenvalue weighted by molar-refractivity contribution is 14.0. The highest BCUT2D eigenvalue weighted by atomic mass is 127. The van der Waals surface area contributed by atoms with E-state index in [4.69, 9.17) is 4.74 Å². The Bertz CT molecular complexity index is 561. The van der Waals surface area contributed by atoms with Crippen molar-refractivity contribution in [2.24, 2.45) is 4.99 Å². The number of halogens is 1. The maximum atomic E-state index is 5.15. The van der Waals surface area contributed by atoms with Gasteiger partial charge in [0.1, 0.15) is 0 Å². The fourth-order valence-electron chi connectivity index (χ4n) is 3.82. The van der Waals surface area contributed by atoms with Crippen LogP contribution in [-0.4, -0.2) is 62.8 Å². The van der Waals surface area contributed by atoms with Crippen LogP contribution >= 0.6 is 24.0 Å². The minimum atomic E-state index is 0. The van der Waals surface area contributed by atoms with E-state index in [9.17, 15) is 0 Å².